The number of phenolic OH excluding ortho intramolecular Hbond substituents is 1. The monoisotopic (exact) mass is 431 g/mol. The molecule has 0 amide bonds. The highest BCUT2D eigenvalue weighted by atomic mass is 16.6. The summed E-state index contributed by atoms with van der Waals surface area (Å²) in [6, 6.07) is 23.6. The van der Waals surface area contributed by atoms with Gasteiger partial charge in [-0.3, -0.25) is 4.90 Å². The third-order valence-electron chi connectivity index (χ3n) is 6.19. The summed E-state index contributed by atoms with van der Waals surface area (Å²) in [5.74, 6) is 3.07. The number of piperidine rings is 1. The molecular weight excluding hydrogens is 402 g/mol. The molecule has 1 saturated heterocycles. The van der Waals surface area contributed by atoms with Crippen molar-refractivity contribution in [1.82, 2.24) is 4.90 Å². The first-order valence-corrected chi connectivity index (χ1v) is 11.3. The average molecular weight is 432 g/mol. The Kier molecular flexibility index (Phi) is 6.17. The van der Waals surface area contributed by atoms with Crippen LogP contribution < -0.4 is 14.2 Å². The molecule has 1 N–H and O–H groups in total. The number of aromatic hydroxyl groups is 1. The van der Waals surface area contributed by atoms with Crippen molar-refractivity contribution in [2.24, 2.45) is 0 Å². The van der Waals surface area contributed by atoms with E-state index in [0.29, 0.717) is 24.9 Å². The quantitative estimate of drug-likeness (QED) is 0.596. The van der Waals surface area contributed by atoms with Gasteiger partial charge in [0.05, 0.1) is 0 Å². The van der Waals surface area contributed by atoms with Crippen LogP contribution in [0.5, 0.6) is 23.0 Å². The van der Waals surface area contributed by atoms with Crippen molar-refractivity contribution in [2.45, 2.75) is 31.5 Å². The lowest BCUT2D eigenvalue weighted by Crippen LogP contribution is -2.44. The predicted octanol–water partition coefficient (Wildman–Crippen LogP) is 4.99. The largest absolute Gasteiger partial charge is 0.508 e. The van der Waals surface area contributed by atoms with E-state index >= 15 is 0 Å². The third-order valence-corrected chi connectivity index (χ3v) is 6.19. The molecule has 0 radical (unpaired) electrons. The highest BCUT2D eigenvalue weighted by molar-refractivity contribution is 5.46. The van der Waals surface area contributed by atoms with E-state index in [0.717, 1.165) is 55.3 Å². The molecule has 166 valence electrons. The van der Waals surface area contributed by atoms with E-state index in [4.69, 9.17) is 14.2 Å². The summed E-state index contributed by atoms with van der Waals surface area (Å²) in [6.45, 7) is 3.93. The molecule has 0 spiro atoms. The Morgan fingerprint density at radius 3 is 2.75 bits per heavy atom. The van der Waals surface area contributed by atoms with E-state index < -0.39 is 0 Å². The van der Waals surface area contributed by atoms with Gasteiger partial charge in [0.2, 0.25) is 0 Å². The molecule has 5 nitrogen and oxygen atoms in total. The molecule has 5 rings (SSSR count). The maximum Gasteiger partial charge on any atom is 0.165 e. The van der Waals surface area contributed by atoms with Crippen LogP contribution in [0.2, 0.25) is 0 Å². The molecule has 0 saturated carbocycles. The smallest absolute Gasteiger partial charge is 0.165 e. The number of hydrogen-bond donors (Lipinski definition) is 1. The summed E-state index contributed by atoms with van der Waals surface area (Å²) in [5, 5.41) is 9.82. The van der Waals surface area contributed by atoms with Gasteiger partial charge in [0.15, 0.2) is 11.5 Å². The topological polar surface area (TPSA) is 51.2 Å². The van der Waals surface area contributed by atoms with Crippen molar-refractivity contribution < 1.29 is 19.3 Å². The molecule has 0 aromatic heterocycles. The van der Waals surface area contributed by atoms with E-state index in [1.807, 2.05) is 60.7 Å². The van der Waals surface area contributed by atoms with Crippen LogP contribution in [0.4, 0.5) is 0 Å². The molecule has 0 bridgehead atoms. The number of nitrogens with zero attached hydrogens (tertiary/aromatic N) is 1. The number of rotatable bonds is 6. The Bertz CT molecular complexity index is 1040. The molecule has 32 heavy (non-hydrogen) atoms. The zero-order valence-corrected chi connectivity index (χ0v) is 18.2. The summed E-state index contributed by atoms with van der Waals surface area (Å²) >= 11 is 0. The van der Waals surface area contributed by atoms with Gasteiger partial charge in [0, 0.05) is 19.2 Å². The Morgan fingerprint density at radius 1 is 0.969 bits per heavy atom. The predicted molar refractivity (Wildman–Crippen MR) is 124 cm³/mol. The zero-order chi connectivity index (χ0) is 21.8. The van der Waals surface area contributed by atoms with Gasteiger partial charge >= 0.3 is 0 Å². The molecule has 2 aliphatic heterocycles. The lowest BCUT2D eigenvalue weighted by molar-refractivity contribution is 0.0501. The van der Waals surface area contributed by atoms with Crippen molar-refractivity contribution in [3.63, 3.8) is 0 Å². The standard InChI is InChI=1S/C27H29NO4/c29-23-10-4-8-21(14-23)22-9-5-13-28(16-22)17-25-19-31-27-15-24(11-12-26(27)32-25)30-18-20-6-2-1-3-7-20/h1-4,6-8,10-12,14-15,22,25,29H,5,9,13,16-19H2. The van der Waals surface area contributed by atoms with Crippen molar-refractivity contribution in [2.75, 3.05) is 26.2 Å². The molecule has 2 unspecified atom stereocenters. The van der Waals surface area contributed by atoms with Crippen molar-refractivity contribution in [3.05, 3.63) is 83.9 Å². The summed E-state index contributed by atoms with van der Waals surface area (Å²) in [4.78, 5) is 2.45. The molecule has 2 atom stereocenters. The van der Waals surface area contributed by atoms with Gasteiger partial charge in [-0.05, 0) is 60.7 Å². The van der Waals surface area contributed by atoms with Gasteiger partial charge in [-0.15, -0.1) is 0 Å². The zero-order valence-electron chi connectivity index (χ0n) is 18.2. The molecule has 0 aliphatic carbocycles. The lowest BCUT2D eigenvalue weighted by atomic mass is 9.90. The number of phenols is 1. The van der Waals surface area contributed by atoms with E-state index in [1.54, 1.807) is 6.07 Å². The molecule has 2 aliphatic rings. The highest BCUT2D eigenvalue weighted by Crippen LogP contribution is 2.36. The molecule has 5 heteroatoms. The molecular formula is C27H29NO4. The minimum Gasteiger partial charge on any atom is -0.508 e. The maximum absolute atomic E-state index is 9.82. The summed E-state index contributed by atoms with van der Waals surface area (Å²) in [5.41, 5.74) is 2.34. The van der Waals surface area contributed by atoms with Crippen molar-refractivity contribution in [3.8, 4) is 23.0 Å². The van der Waals surface area contributed by atoms with Crippen LogP contribution in [0, 0.1) is 0 Å². The molecule has 1 fully saturated rings. The van der Waals surface area contributed by atoms with Crippen LogP contribution in [-0.4, -0.2) is 42.4 Å². The third kappa shape index (κ3) is 5.00. The van der Waals surface area contributed by atoms with E-state index in [9.17, 15) is 5.11 Å². The number of hydrogen-bond acceptors (Lipinski definition) is 5. The Labute approximate surface area is 189 Å². The number of likely N-dealkylation sites (tertiary alicyclic amines) is 1. The fourth-order valence-corrected chi connectivity index (χ4v) is 4.58. The van der Waals surface area contributed by atoms with E-state index in [2.05, 4.69) is 11.0 Å². The minimum atomic E-state index is 0.00140. The van der Waals surface area contributed by atoms with Gasteiger partial charge in [0.25, 0.3) is 0 Å². The minimum absolute atomic E-state index is 0.00140. The van der Waals surface area contributed by atoms with Gasteiger partial charge in [-0.1, -0.05) is 42.5 Å². The lowest BCUT2D eigenvalue weighted by Gasteiger charge is -2.36. The Hall–Kier alpha value is -3.18. The van der Waals surface area contributed by atoms with Crippen LogP contribution in [-0.2, 0) is 6.61 Å². The van der Waals surface area contributed by atoms with Gasteiger partial charge in [-0.25, -0.2) is 0 Å². The first kappa shape index (κ1) is 20.7. The van der Waals surface area contributed by atoms with E-state index in [-0.39, 0.29) is 6.10 Å². The molecule has 2 heterocycles. The fourth-order valence-electron chi connectivity index (χ4n) is 4.58. The SMILES string of the molecule is Oc1cccc(C2CCCN(CC3COc4cc(OCc5ccccc5)ccc4O3)C2)c1. The average Bonchev–Trinajstić information content (AvgIpc) is 2.83. The molecule has 3 aromatic rings. The maximum atomic E-state index is 9.82. The summed E-state index contributed by atoms with van der Waals surface area (Å²) in [6.07, 6.45) is 2.30. The number of ether oxygens (including phenoxy) is 3. The number of benzene rings is 3. The van der Waals surface area contributed by atoms with Crippen LogP contribution >= 0.6 is 0 Å². The van der Waals surface area contributed by atoms with Gasteiger partial charge < -0.3 is 19.3 Å². The summed E-state index contributed by atoms with van der Waals surface area (Å²) in [7, 11) is 0. The van der Waals surface area contributed by atoms with Crippen LogP contribution in [0.25, 0.3) is 0 Å². The first-order chi connectivity index (χ1) is 15.7. The summed E-state index contributed by atoms with van der Waals surface area (Å²) < 4.78 is 18.2. The Morgan fingerprint density at radius 2 is 1.88 bits per heavy atom. The van der Waals surface area contributed by atoms with Crippen molar-refractivity contribution in [1.29, 1.82) is 0 Å². The second-order valence-electron chi connectivity index (χ2n) is 8.63. The first-order valence-electron chi connectivity index (χ1n) is 11.3. The van der Waals surface area contributed by atoms with Gasteiger partial charge in [-0.2, -0.15) is 0 Å². The number of fused-ring (bicyclic) bond motifs is 1. The molecule has 3 aromatic carbocycles. The van der Waals surface area contributed by atoms with E-state index in [1.165, 1.54) is 5.56 Å². The van der Waals surface area contributed by atoms with Crippen molar-refractivity contribution >= 4 is 0 Å². The second kappa shape index (κ2) is 9.53. The van der Waals surface area contributed by atoms with Crippen LogP contribution in [0.1, 0.15) is 29.9 Å². The van der Waals surface area contributed by atoms with Crippen LogP contribution in [0.15, 0.2) is 72.8 Å². The Balaban J connectivity index is 1.16. The fraction of sp³-hybridized carbons (Fsp3) is 0.333. The second-order valence-corrected chi connectivity index (χ2v) is 8.63. The van der Waals surface area contributed by atoms with Crippen LogP contribution in [0.3, 0.4) is 0 Å². The normalized spacial score (nSPS) is 20.6. The highest BCUT2D eigenvalue weighted by Gasteiger charge is 2.27. The van der Waals surface area contributed by atoms with Gasteiger partial charge in [0.1, 0.15) is 30.8 Å².